The van der Waals surface area contributed by atoms with E-state index in [0.717, 1.165) is 11.4 Å². The first-order valence-corrected chi connectivity index (χ1v) is 6.23. The molecule has 0 spiro atoms. The van der Waals surface area contributed by atoms with Gasteiger partial charge in [0.25, 0.3) is 0 Å². The number of nitrogens with one attached hydrogen (secondary N) is 1. The van der Waals surface area contributed by atoms with Gasteiger partial charge in [-0.05, 0) is 44.2 Å². The molecule has 1 heterocycles. The lowest BCUT2D eigenvalue weighted by atomic mass is 10.2. The van der Waals surface area contributed by atoms with E-state index >= 15 is 0 Å². The molecular formula is C14H17N3O2. The molecule has 0 fully saturated rings. The van der Waals surface area contributed by atoms with Crippen molar-refractivity contribution in [1.82, 2.24) is 9.78 Å². The fourth-order valence-corrected chi connectivity index (χ4v) is 1.68. The number of ether oxygens (including phenoxy) is 1. The van der Waals surface area contributed by atoms with E-state index in [4.69, 9.17) is 4.74 Å². The third-order valence-corrected chi connectivity index (χ3v) is 2.73. The number of carbonyl (C=O) groups is 1. The smallest absolute Gasteiger partial charge is 0.248 e. The minimum absolute atomic E-state index is 0.104. The topological polar surface area (TPSA) is 56.1 Å². The van der Waals surface area contributed by atoms with E-state index in [0.29, 0.717) is 6.61 Å². The van der Waals surface area contributed by atoms with Gasteiger partial charge in [-0.3, -0.25) is 9.48 Å². The summed E-state index contributed by atoms with van der Waals surface area (Å²) in [6.07, 6.45) is 3.42. The molecule has 1 aromatic carbocycles. The zero-order valence-corrected chi connectivity index (χ0v) is 11.0. The van der Waals surface area contributed by atoms with Crippen LogP contribution in [-0.4, -0.2) is 22.3 Å². The highest BCUT2D eigenvalue weighted by Gasteiger charge is 2.14. The molecule has 1 amide bonds. The Hall–Kier alpha value is -2.30. The summed E-state index contributed by atoms with van der Waals surface area (Å²) in [6.45, 7) is 4.36. The molecular weight excluding hydrogens is 242 g/mol. The first-order chi connectivity index (χ1) is 9.20. The van der Waals surface area contributed by atoms with Gasteiger partial charge in [0.2, 0.25) is 5.91 Å². The average Bonchev–Trinajstić information content (AvgIpc) is 2.94. The van der Waals surface area contributed by atoms with Gasteiger partial charge >= 0.3 is 0 Å². The molecule has 2 rings (SSSR count). The van der Waals surface area contributed by atoms with Crippen LogP contribution in [0.15, 0.2) is 42.7 Å². The van der Waals surface area contributed by atoms with Crippen molar-refractivity contribution < 1.29 is 9.53 Å². The van der Waals surface area contributed by atoms with Gasteiger partial charge in [0.1, 0.15) is 11.8 Å². The van der Waals surface area contributed by atoms with Crippen molar-refractivity contribution in [1.29, 1.82) is 0 Å². The zero-order valence-electron chi connectivity index (χ0n) is 11.0. The Kier molecular flexibility index (Phi) is 4.18. The lowest BCUT2D eigenvalue weighted by molar-refractivity contribution is -0.119. The molecule has 100 valence electrons. The van der Waals surface area contributed by atoms with Crippen molar-refractivity contribution in [2.75, 3.05) is 11.9 Å². The molecule has 0 radical (unpaired) electrons. The number of hydrogen-bond donors (Lipinski definition) is 1. The highest BCUT2D eigenvalue weighted by molar-refractivity contribution is 5.93. The van der Waals surface area contributed by atoms with Crippen LogP contribution < -0.4 is 10.1 Å². The largest absolute Gasteiger partial charge is 0.494 e. The Bertz CT molecular complexity index is 520. The number of benzene rings is 1. The summed E-state index contributed by atoms with van der Waals surface area (Å²) in [5, 5.41) is 6.90. The normalized spacial score (nSPS) is 11.9. The van der Waals surface area contributed by atoms with Crippen LogP contribution in [-0.2, 0) is 4.79 Å². The van der Waals surface area contributed by atoms with Crippen LogP contribution in [0.2, 0.25) is 0 Å². The van der Waals surface area contributed by atoms with E-state index in [1.54, 1.807) is 30.1 Å². The minimum atomic E-state index is -0.346. The molecule has 5 heteroatoms. The number of nitrogens with zero attached hydrogens (tertiary/aromatic N) is 2. The third-order valence-electron chi connectivity index (χ3n) is 2.73. The number of rotatable bonds is 5. The predicted molar refractivity (Wildman–Crippen MR) is 73.2 cm³/mol. The fraction of sp³-hybridized carbons (Fsp3) is 0.286. The molecule has 1 atom stereocenters. The molecule has 0 aliphatic carbocycles. The van der Waals surface area contributed by atoms with Gasteiger partial charge in [-0.2, -0.15) is 5.10 Å². The molecule has 5 nitrogen and oxygen atoms in total. The van der Waals surface area contributed by atoms with E-state index in [2.05, 4.69) is 10.4 Å². The highest BCUT2D eigenvalue weighted by atomic mass is 16.5. The number of aromatic nitrogens is 2. The first-order valence-electron chi connectivity index (χ1n) is 6.23. The second kappa shape index (κ2) is 6.04. The monoisotopic (exact) mass is 259 g/mol. The molecule has 1 aromatic heterocycles. The third kappa shape index (κ3) is 3.34. The maximum Gasteiger partial charge on any atom is 0.248 e. The van der Waals surface area contributed by atoms with Gasteiger partial charge in [0.15, 0.2) is 0 Å². The van der Waals surface area contributed by atoms with Gasteiger partial charge in [-0.25, -0.2) is 0 Å². The summed E-state index contributed by atoms with van der Waals surface area (Å²) in [5.74, 6) is 0.688. The number of hydrogen-bond acceptors (Lipinski definition) is 3. The summed E-state index contributed by atoms with van der Waals surface area (Å²) in [6, 6.07) is 8.74. The highest BCUT2D eigenvalue weighted by Crippen LogP contribution is 2.17. The molecule has 0 saturated carbocycles. The zero-order chi connectivity index (χ0) is 13.7. The van der Waals surface area contributed by atoms with E-state index in [-0.39, 0.29) is 11.9 Å². The SMILES string of the molecule is CCOc1ccc(NC(=O)[C@@H](C)n2cccn2)cc1. The average molecular weight is 259 g/mol. The molecule has 0 bridgehead atoms. The van der Waals surface area contributed by atoms with E-state index in [9.17, 15) is 4.79 Å². The molecule has 0 saturated heterocycles. The van der Waals surface area contributed by atoms with E-state index < -0.39 is 0 Å². The first kappa shape index (κ1) is 13.1. The quantitative estimate of drug-likeness (QED) is 0.897. The van der Waals surface area contributed by atoms with Crippen LogP contribution in [0.3, 0.4) is 0 Å². The van der Waals surface area contributed by atoms with E-state index in [1.165, 1.54) is 0 Å². The Labute approximate surface area is 112 Å². The second-order valence-electron chi connectivity index (χ2n) is 4.11. The molecule has 1 N–H and O–H groups in total. The molecule has 0 aliphatic rings. The Balaban J connectivity index is 1.98. The van der Waals surface area contributed by atoms with Crippen molar-refractivity contribution in [3.05, 3.63) is 42.7 Å². The molecule has 2 aromatic rings. The van der Waals surface area contributed by atoms with Crippen LogP contribution in [0, 0.1) is 0 Å². The molecule has 0 aliphatic heterocycles. The summed E-state index contributed by atoms with van der Waals surface area (Å²) in [7, 11) is 0. The van der Waals surface area contributed by atoms with Crippen molar-refractivity contribution in [2.45, 2.75) is 19.9 Å². The van der Waals surface area contributed by atoms with Gasteiger partial charge < -0.3 is 10.1 Å². The Morgan fingerprint density at radius 3 is 2.74 bits per heavy atom. The maximum atomic E-state index is 12.0. The fourth-order valence-electron chi connectivity index (χ4n) is 1.68. The van der Waals surface area contributed by atoms with Gasteiger partial charge in [-0.15, -0.1) is 0 Å². The predicted octanol–water partition coefficient (Wildman–Crippen LogP) is 2.48. The Morgan fingerprint density at radius 2 is 2.16 bits per heavy atom. The van der Waals surface area contributed by atoms with E-state index in [1.807, 2.05) is 31.2 Å². The summed E-state index contributed by atoms with van der Waals surface area (Å²) in [5.41, 5.74) is 0.743. The van der Waals surface area contributed by atoms with Crippen LogP contribution in [0.1, 0.15) is 19.9 Å². The summed E-state index contributed by atoms with van der Waals surface area (Å²) >= 11 is 0. The van der Waals surface area contributed by atoms with Crippen molar-refractivity contribution in [2.24, 2.45) is 0 Å². The lowest BCUT2D eigenvalue weighted by Gasteiger charge is -2.13. The van der Waals surface area contributed by atoms with Gasteiger partial charge in [0.05, 0.1) is 6.61 Å². The minimum Gasteiger partial charge on any atom is -0.494 e. The standard InChI is InChI=1S/C14H17N3O2/c1-3-19-13-7-5-12(6-8-13)16-14(18)11(2)17-10-4-9-15-17/h4-11H,3H2,1-2H3,(H,16,18)/t11-/m1/s1. The van der Waals surface area contributed by atoms with Crippen LogP contribution in [0.5, 0.6) is 5.75 Å². The molecule has 0 unspecified atom stereocenters. The summed E-state index contributed by atoms with van der Waals surface area (Å²) in [4.78, 5) is 12.0. The van der Waals surface area contributed by atoms with Crippen molar-refractivity contribution in [3.63, 3.8) is 0 Å². The van der Waals surface area contributed by atoms with Crippen molar-refractivity contribution in [3.8, 4) is 5.75 Å². The molecule has 19 heavy (non-hydrogen) atoms. The number of carbonyl (C=O) groups excluding carboxylic acids is 1. The van der Waals surface area contributed by atoms with Crippen LogP contribution in [0.4, 0.5) is 5.69 Å². The number of amides is 1. The lowest BCUT2D eigenvalue weighted by Crippen LogP contribution is -2.23. The van der Waals surface area contributed by atoms with Crippen LogP contribution >= 0.6 is 0 Å². The Morgan fingerprint density at radius 1 is 1.42 bits per heavy atom. The van der Waals surface area contributed by atoms with Crippen molar-refractivity contribution >= 4 is 11.6 Å². The maximum absolute atomic E-state index is 12.0. The summed E-state index contributed by atoms with van der Waals surface area (Å²) < 4.78 is 6.96. The van der Waals surface area contributed by atoms with Gasteiger partial charge in [0, 0.05) is 18.1 Å². The number of anilines is 1. The van der Waals surface area contributed by atoms with Gasteiger partial charge in [-0.1, -0.05) is 0 Å². The van der Waals surface area contributed by atoms with Crippen LogP contribution in [0.25, 0.3) is 0 Å². The second-order valence-corrected chi connectivity index (χ2v) is 4.11.